The van der Waals surface area contributed by atoms with E-state index in [-0.39, 0.29) is 0 Å². The second-order valence-electron chi connectivity index (χ2n) is 27.6. The second-order valence-corrected chi connectivity index (χ2v) is 27.6. The van der Waals surface area contributed by atoms with Crippen molar-refractivity contribution >= 4 is 141 Å². The Morgan fingerprint density at radius 3 is 0.827 bits per heavy atom. The highest BCUT2D eigenvalue weighted by atomic mass is 16.3. The molecule has 0 atom stereocenters. The molecule has 22 rings (SSSR count). The number of benzene rings is 20. The largest absolute Gasteiger partial charge is 0.455 e. The van der Waals surface area contributed by atoms with Crippen molar-refractivity contribution in [3.8, 4) is 77.9 Å². The molecule has 0 unspecified atom stereocenters. The molecule has 20 aromatic carbocycles. The molecular weight excluding hydrogens is 1260 g/mol. The Kier molecular flexibility index (Phi) is 13.7. The SMILES string of the molecule is c1cc(-c2ccc3c(c2)oc2c4ccccc4c4ccccc4c32)cc(-c2c3ccccc3c(-c3ccc4ccccc4c3)c3ccccc23)c1.c1ccc(-c2ccc(-c3c4ccccc4c(-c4cccc(-c5ccc6c(c5)oc5c7ccccc7c7ccccc7c65)c4)c4ccccc34)cc2)cc1. The summed E-state index contributed by atoms with van der Waals surface area (Å²) in [7, 11) is 0. The molecule has 0 aliphatic heterocycles. The third-order valence-electron chi connectivity index (χ3n) is 21.8. The van der Waals surface area contributed by atoms with E-state index in [4.69, 9.17) is 8.83 Å². The minimum absolute atomic E-state index is 0.906. The van der Waals surface area contributed by atoms with E-state index in [1.165, 1.54) is 153 Å². The Morgan fingerprint density at radius 2 is 0.404 bits per heavy atom. The van der Waals surface area contributed by atoms with E-state index in [9.17, 15) is 0 Å². The van der Waals surface area contributed by atoms with Gasteiger partial charge in [-0.3, -0.25) is 0 Å². The molecule has 2 heteroatoms. The lowest BCUT2D eigenvalue weighted by atomic mass is 9.85. The van der Waals surface area contributed by atoms with Crippen LogP contribution < -0.4 is 0 Å². The van der Waals surface area contributed by atoms with Gasteiger partial charge in [0.05, 0.1) is 0 Å². The van der Waals surface area contributed by atoms with E-state index >= 15 is 0 Å². The van der Waals surface area contributed by atoms with Crippen LogP contribution in [-0.2, 0) is 0 Å². The third-order valence-corrected chi connectivity index (χ3v) is 21.8. The first-order valence-corrected chi connectivity index (χ1v) is 35.9. The van der Waals surface area contributed by atoms with Gasteiger partial charge in [-0.2, -0.15) is 0 Å². The summed E-state index contributed by atoms with van der Waals surface area (Å²) < 4.78 is 13.5. The first-order chi connectivity index (χ1) is 51.6. The monoisotopic (exact) mass is 1320 g/mol. The van der Waals surface area contributed by atoms with Crippen molar-refractivity contribution in [2.24, 2.45) is 0 Å². The summed E-state index contributed by atoms with van der Waals surface area (Å²) >= 11 is 0. The maximum absolute atomic E-state index is 6.75. The first-order valence-electron chi connectivity index (χ1n) is 35.9. The van der Waals surface area contributed by atoms with Crippen LogP contribution in [0.1, 0.15) is 0 Å². The molecule has 104 heavy (non-hydrogen) atoms. The van der Waals surface area contributed by atoms with Crippen LogP contribution in [0.5, 0.6) is 0 Å². The molecule has 0 spiro atoms. The van der Waals surface area contributed by atoms with Crippen LogP contribution in [-0.4, -0.2) is 0 Å². The lowest BCUT2D eigenvalue weighted by Crippen LogP contribution is -1.91. The summed E-state index contributed by atoms with van der Waals surface area (Å²) in [5.74, 6) is 0. The van der Waals surface area contributed by atoms with Gasteiger partial charge in [0, 0.05) is 32.3 Å². The van der Waals surface area contributed by atoms with Crippen LogP contribution in [0.15, 0.2) is 385 Å². The van der Waals surface area contributed by atoms with Crippen LogP contribution in [0, 0.1) is 0 Å². The van der Waals surface area contributed by atoms with Crippen molar-refractivity contribution in [3.63, 3.8) is 0 Å². The number of hydrogen-bond donors (Lipinski definition) is 0. The fraction of sp³-hybridized carbons (Fsp3) is 0. The number of furan rings is 2. The van der Waals surface area contributed by atoms with Gasteiger partial charge in [0.1, 0.15) is 22.3 Å². The zero-order valence-electron chi connectivity index (χ0n) is 56.6. The van der Waals surface area contributed by atoms with Gasteiger partial charge in [0.15, 0.2) is 0 Å². The third kappa shape index (κ3) is 9.50. The van der Waals surface area contributed by atoms with Gasteiger partial charge >= 0.3 is 0 Å². The van der Waals surface area contributed by atoms with Gasteiger partial charge in [-0.1, -0.05) is 334 Å². The van der Waals surface area contributed by atoms with E-state index < -0.39 is 0 Å². The van der Waals surface area contributed by atoms with Crippen LogP contribution in [0.3, 0.4) is 0 Å². The van der Waals surface area contributed by atoms with Gasteiger partial charge in [-0.05, 0) is 207 Å². The molecule has 0 amide bonds. The fourth-order valence-electron chi connectivity index (χ4n) is 17.2. The Bertz CT molecular complexity index is 7160. The number of fused-ring (bicyclic) bond motifs is 21. The van der Waals surface area contributed by atoms with Crippen molar-refractivity contribution in [2.75, 3.05) is 0 Å². The lowest BCUT2D eigenvalue weighted by molar-refractivity contribution is 0.672. The zero-order chi connectivity index (χ0) is 68.3. The van der Waals surface area contributed by atoms with E-state index in [0.29, 0.717) is 0 Å². The van der Waals surface area contributed by atoms with Crippen molar-refractivity contribution in [3.05, 3.63) is 376 Å². The summed E-state index contributed by atoms with van der Waals surface area (Å²) in [6.07, 6.45) is 0. The first kappa shape index (κ1) is 59.2. The van der Waals surface area contributed by atoms with Crippen molar-refractivity contribution < 1.29 is 8.83 Å². The molecule has 2 nitrogen and oxygen atoms in total. The Hall–Kier alpha value is -13.7. The topological polar surface area (TPSA) is 26.3 Å². The molecule has 22 aromatic rings. The fourth-order valence-corrected chi connectivity index (χ4v) is 17.2. The Labute approximate surface area is 599 Å². The molecular formula is C102H62O2. The smallest absolute Gasteiger partial charge is 0.143 e. The van der Waals surface area contributed by atoms with Gasteiger partial charge < -0.3 is 8.83 Å². The highest BCUT2D eigenvalue weighted by Gasteiger charge is 2.23. The van der Waals surface area contributed by atoms with Crippen LogP contribution in [0.25, 0.3) is 219 Å². The van der Waals surface area contributed by atoms with E-state index in [0.717, 1.165) is 66.1 Å². The summed E-state index contributed by atoms with van der Waals surface area (Å²) in [6.45, 7) is 0. The lowest BCUT2D eigenvalue weighted by Gasteiger charge is -2.18. The minimum Gasteiger partial charge on any atom is -0.455 e. The molecule has 482 valence electrons. The van der Waals surface area contributed by atoms with E-state index in [2.05, 4.69) is 376 Å². The predicted octanol–water partition coefficient (Wildman–Crippen LogP) is 29.2. The predicted molar refractivity (Wildman–Crippen MR) is 443 cm³/mol. The van der Waals surface area contributed by atoms with Crippen LogP contribution in [0.4, 0.5) is 0 Å². The average molecular weight is 1320 g/mol. The van der Waals surface area contributed by atoms with Gasteiger partial charge in [-0.25, -0.2) is 0 Å². The van der Waals surface area contributed by atoms with E-state index in [1.807, 2.05) is 0 Å². The maximum Gasteiger partial charge on any atom is 0.143 e. The Balaban J connectivity index is 0.000000134. The molecule has 0 saturated heterocycles. The summed E-state index contributed by atoms with van der Waals surface area (Å²) in [5, 5.41) is 26.9. The number of hydrogen-bond acceptors (Lipinski definition) is 2. The van der Waals surface area contributed by atoms with Crippen molar-refractivity contribution in [1.82, 2.24) is 0 Å². The van der Waals surface area contributed by atoms with Gasteiger partial charge in [0.25, 0.3) is 0 Å². The quantitative estimate of drug-likeness (QED) is 0.117. The van der Waals surface area contributed by atoms with Crippen molar-refractivity contribution in [2.45, 2.75) is 0 Å². The molecule has 0 N–H and O–H groups in total. The molecule has 0 fully saturated rings. The Morgan fingerprint density at radius 1 is 0.135 bits per heavy atom. The minimum atomic E-state index is 0.906. The standard InChI is InChI=1S/C52H32O.C50H30O/c1-2-13-33(14-3-1)34-25-27-35(28-26-34)49-42-20-7-9-22-44(42)50(45-23-10-8-21-43(45)49)38-16-12-15-36(31-38)37-29-30-47-48(32-37)53-52-46-24-11-5-18-40(46)39-17-4-6-19-41(39)51(47)52;1-2-13-32-28-36(25-24-31(32)12-1)48-42-21-8-6-19-40(42)47(41-20-7-9-22-43(41)48)35-15-11-14-33(29-35)34-26-27-45-46(30-34)51-50-44-23-10-4-17-38(44)37-16-3-5-18-39(37)49(45)50/h1-32H;1-30H. The summed E-state index contributed by atoms with van der Waals surface area (Å²) in [6, 6.07) is 137. The van der Waals surface area contributed by atoms with Gasteiger partial charge in [0.2, 0.25) is 0 Å². The summed E-state index contributed by atoms with van der Waals surface area (Å²) in [4.78, 5) is 0. The average Bonchev–Trinajstić information content (AvgIpc) is 1.21. The second kappa shape index (κ2) is 24.0. The highest BCUT2D eigenvalue weighted by Crippen LogP contribution is 2.49. The molecule has 0 aliphatic rings. The van der Waals surface area contributed by atoms with Crippen molar-refractivity contribution in [1.29, 1.82) is 0 Å². The van der Waals surface area contributed by atoms with E-state index in [1.54, 1.807) is 0 Å². The zero-order valence-corrected chi connectivity index (χ0v) is 56.6. The molecule has 0 saturated carbocycles. The van der Waals surface area contributed by atoms with Crippen LogP contribution in [0.2, 0.25) is 0 Å². The number of rotatable bonds is 7. The normalized spacial score (nSPS) is 11.8. The maximum atomic E-state index is 6.75. The van der Waals surface area contributed by atoms with Crippen LogP contribution >= 0.6 is 0 Å². The highest BCUT2D eigenvalue weighted by molar-refractivity contribution is 6.32. The molecule has 0 bridgehead atoms. The molecule has 0 aliphatic carbocycles. The molecule has 0 radical (unpaired) electrons. The summed E-state index contributed by atoms with van der Waals surface area (Å²) in [5.41, 5.74) is 20.7. The molecule has 2 aromatic heterocycles. The molecule has 2 heterocycles. The van der Waals surface area contributed by atoms with Gasteiger partial charge in [-0.15, -0.1) is 0 Å².